The van der Waals surface area contributed by atoms with Gasteiger partial charge in [-0.25, -0.2) is 8.42 Å². The van der Waals surface area contributed by atoms with Crippen molar-refractivity contribution in [2.75, 3.05) is 25.9 Å². The van der Waals surface area contributed by atoms with Gasteiger partial charge in [0, 0.05) is 13.6 Å². The number of nitrogens with one attached hydrogen (secondary N) is 1. The maximum Gasteiger partial charge on any atom is 0.243 e. The summed E-state index contributed by atoms with van der Waals surface area (Å²) in [6.45, 7) is 3.23. The van der Waals surface area contributed by atoms with Gasteiger partial charge in [-0.2, -0.15) is 4.31 Å². The predicted octanol–water partition coefficient (Wildman–Crippen LogP) is 0.987. The van der Waals surface area contributed by atoms with E-state index < -0.39 is 10.0 Å². The van der Waals surface area contributed by atoms with Crippen LogP contribution < -0.4 is 11.1 Å². The van der Waals surface area contributed by atoms with E-state index in [1.165, 1.54) is 19.2 Å². The molecule has 0 fully saturated rings. The van der Waals surface area contributed by atoms with Gasteiger partial charge in [0.25, 0.3) is 0 Å². The highest BCUT2D eigenvalue weighted by Gasteiger charge is 2.27. The number of hydrogen-bond acceptors (Lipinski definition) is 4. The maximum absolute atomic E-state index is 12.5. The standard InChI is InChI=1S/C12H18ClN3O3S/c1-4-16(7-12(17)15-3)20(18,19)11-6-10(14)9(13)5-8(11)2/h5-6H,4,7,14H2,1-3H3,(H,15,17). The van der Waals surface area contributed by atoms with Crippen molar-refractivity contribution in [3.05, 3.63) is 22.7 Å². The first-order valence-corrected chi connectivity index (χ1v) is 7.82. The third-order valence-corrected chi connectivity index (χ3v) is 5.25. The van der Waals surface area contributed by atoms with E-state index in [0.717, 1.165) is 4.31 Å². The first-order valence-electron chi connectivity index (χ1n) is 6.00. The third-order valence-electron chi connectivity index (χ3n) is 2.86. The summed E-state index contributed by atoms with van der Waals surface area (Å²) in [5.41, 5.74) is 6.33. The zero-order chi connectivity index (χ0) is 15.5. The number of hydrogen-bond donors (Lipinski definition) is 2. The van der Waals surface area contributed by atoms with Crippen LogP contribution in [-0.4, -0.2) is 38.8 Å². The van der Waals surface area contributed by atoms with Gasteiger partial charge in [0.15, 0.2) is 0 Å². The molecule has 0 heterocycles. The fourth-order valence-electron chi connectivity index (χ4n) is 1.69. The number of anilines is 1. The number of nitrogens with zero attached hydrogens (tertiary/aromatic N) is 1. The van der Waals surface area contributed by atoms with Crippen LogP contribution in [0.15, 0.2) is 17.0 Å². The van der Waals surface area contributed by atoms with E-state index in [-0.39, 0.29) is 29.6 Å². The molecule has 0 saturated carbocycles. The normalized spacial score (nSPS) is 11.7. The number of sulfonamides is 1. The number of nitrogen functional groups attached to an aromatic ring is 1. The van der Waals surface area contributed by atoms with E-state index in [1.54, 1.807) is 13.8 Å². The molecule has 1 aromatic carbocycles. The number of carbonyl (C=O) groups excluding carboxylic acids is 1. The van der Waals surface area contributed by atoms with Crippen molar-refractivity contribution in [3.8, 4) is 0 Å². The number of likely N-dealkylation sites (N-methyl/N-ethyl adjacent to an activating group) is 2. The minimum atomic E-state index is -3.79. The van der Waals surface area contributed by atoms with Crippen molar-refractivity contribution in [2.45, 2.75) is 18.7 Å². The second-order valence-electron chi connectivity index (χ2n) is 4.24. The van der Waals surface area contributed by atoms with Crippen molar-refractivity contribution in [3.63, 3.8) is 0 Å². The average Bonchev–Trinajstić information content (AvgIpc) is 2.39. The molecule has 0 unspecified atom stereocenters. The Morgan fingerprint density at radius 1 is 1.45 bits per heavy atom. The molecule has 3 N–H and O–H groups in total. The fourth-order valence-corrected chi connectivity index (χ4v) is 3.56. The number of amides is 1. The second-order valence-corrected chi connectivity index (χ2v) is 6.56. The monoisotopic (exact) mass is 319 g/mol. The van der Waals surface area contributed by atoms with Gasteiger partial charge in [0.2, 0.25) is 15.9 Å². The number of aryl methyl sites for hydroxylation is 1. The third kappa shape index (κ3) is 3.41. The summed E-state index contributed by atoms with van der Waals surface area (Å²) in [6, 6.07) is 2.82. The molecule has 0 aliphatic rings. The van der Waals surface area contributed by atoms with Crippen LogP contribution >= 0.6 is 11.6 Å². The molecule has 6 nitrogen and oxygen atoms in total. The Kier molecular flexibility index (Phi) is 5.38. The summed E-state index contributed by atoms with van der Waals surface area (Å²) in [6.07, 6.45) is 0. The Morgan fingerprint density at radius 3 is 2.55 bits per heavy atom. The number of benzene rings is 1. The van der Waals surface area contributed by atoms with Crippen LogP contribution in [0.1, 0.15) is 12.5 Å². The lowest BCUT2D eigenvalue weighted by Crippen LogP contribution is -2.39. The van der Waals surface area contributed by atoms with Crippen LogP contribution in [0.25, 0.3) is 0 Å². The van der Waals surface area contributed by atoms with Gasteiger partial charge in [0.05, 0.1) is 22.2 Å². The van der Waals surface area contributed by atoms with Crippen LogP contribution in [0, 0.1) is 6.92 Å². The minimum Gasteiger partial charge on any atom is -0.397 e. The van der Waals surface area contributed by atoms with Crippen LogP contribution in [0.5, 0.6) is 0 Å². The molecule has 0 radical (unpaired) electrons. The first kappa shape index (κ1) is 16.7. The summed E-state index contributed by atoms with van der Waals surface area (Å²) in [5.74, 6) is -0.380. The molecule has 1 aromatic rings. The predicted molar refractivity (Wildman–Crippen MR) is 79.1 cm³/mol. The molecule has 0 bridgehead atoms. The van der Waals surface area contributed by atoms with Gasteiger partial charge >= 0.3 is 0 Å². The minimum absolute atomic E-state index is 0.0603. The quantitative estimate of drug-likeness (QED) is 0.791. The molecule has 0 spiro atoms. The molecule has 112 valence electrons. The second kappa shape index (κ2) is 6.43. The molecule has 0 aromatic heterocycles. The van der Waals surface area contributed by atoms with Crippen LogP contribution in [0.3, 0.4) is 0 Å². The number of rotatable bonds is 5. The highest BCUT2D eigenvalue weighted by molar-refractivity contribution is 7.89. The summed E-state index contributed by atoms with van der Waals surface area (Å²) in [5, 5.41) is 2.70. The first-order chi connectivity index (χ1) is 9.23. The Hall–Kier alpha value is -1.31. The van der Waals surface area contributed by atoms with Gasteiger partial charge < -0.3 is 11.1 Å². The van der Waals surface area contributed by atoms with Gasteiger partial charge in [-0.15, -0.1) is 0 Å². The van der Waals surface area contributed by atoms with Crippen molar-refractivity contribution in [1.82, 2.24) is 9.62 Å². The molecule has 1 amide bonds. The Morgan fingerprint density at radius 2 is 2.05 bits per heavy atom. The van der Waals surface area contributed by atoms with E-state index >= 15 is 0 Å². The van der Waals surface area contributed by atoms with E-state index in [9.17, 15) is 13.2 Å². The zero-order valence-electron chi connectivity index (χ0n) is 11.6. The maximum atomic E-state index is 12.5. The molecular weight excluding hydrogens is 302 g/mol. The topological polar surface area (TPSA) is 92.5 Å². The van der Waals surface area contributed by atoms with E-state index in [4.69, 9.17) is 17.3 Å². The van der Waals surface area contributed by atoms with Crippen LogP contribution in [0.4, 0.5) is 5.69 Å². The van der Waals surface area contributed by atoms with Gasteiger partial charge in [-0.1, -0.05) is 18.5 Å². The van der Waals surface area contributed by atoms with Crippen molar-refractivity contribution < 1.29 is 13.2 Å². The molecule has 0 atom stereocenters. The molecule has 0 saturated heterocycles. The highest BCUT2D eigenvalue weighted by atomic mass is 35.5. The smallest absolute Gasteiger partial charge is 0.243 e. The van der Waals surface area contributed by atoms with E-state index in [1.807, 2.05) is 0 Å². The van der Waals surface area contributed by atoms with E-state index in [2.05, 4.69) is 5.32 Å². The largest absolute Gasteiger partial charge is 0.397 e. The lowest BCUT2D eigenvalue weighted by molar-refractivity contribution is -0.120. The molecule has 8 heteroatoms. The van der Waals surface area contributed by atoms with Gasteiger partial charge in [0.1, 0.15) is 0 Å². The van der Waals surface area contributed by atoms with Crippen LogP contribution in [0.2, 0.25) is 5.02 Å². The Balaban J connectivity index is 3.27. The molecule has 1 rings (SSSR count). The SMILES string of the molecule is CCN(CC(=O)NC)S(=O)(=O)c1cc(N)c(Cl)cc1C. The van der Waals surface area contributed by atoms with Crippen molar-refractivity contribution >= 4 is 33.2 Å². The fraction of sp³-hybridized carbons (Fsp3) is 0.417. The molecule has 20 heavy (non-hydrogen) atoms. The molecule has 0 aliphatic carbocycles. The molecule has 0 aliphatic heterocycles. The van der Waals surface area contributed by atoms with E-state index in [0.29, 0.717) is 10.6 Å². The summed E-state index contributed by atoms with van der Waals surface area (Å²) < 4.78 is 26.2. The average molecular weight is 320 g/mol. The van der Waals surface area contributed by atoms with Gasteiger partial charge in [-0.3, -0.25) is 4.79 Å². The van der Waals surface area contributed by atoms with Crippen LogP contribution in [-0.2, 0) is 14.8 Å². The zero-order valence-corrected chi connectivity index (χ0v) is 13.2. The summed E-state index contributed by atoms with van der Waals surface area (Å²) in [7, 11) is -2.34. The number of carbonyl (C=O) groups is 1. The Bertz CT molecular complexity index is 617. The lowest BCUT2D eigenvalue weighted by atomic mass is 10.2. The highest BCUT2D eigenvalue weighted by Crippen LogP contribution is 2.28. The number of halogens is 1. The van der Waals surface area contributed by atoms with Gasteiger partial charge in [-0.05, 0) is 24.6 Å². The summed E-state index contributed by atoms with van der Waals surface area (Å²) >= 11 is 5.86. The molecular formula is C12H18ClN3O3S. The van der Waals surface area contributed by atoms with Crippen molar-refractivity contribution in [1.29, 1.82) is 0 Å². The Labute approximate surface area is 123 Å². The summed E-state index contributed by atoms with van der Waals surface area (Å²) in [4.78, 5) is 11.5. The number of nitrogens with two attached hydrogens (primary N) is 1. The lowest BCUT2D eigenvalue weighted by Gasteiger charge is -2.21. The van der Waals surface area contributed by atoms with Crippen molar-refractivity contribution in [2.24, 2.45) is 0 Å².